The third-order valence-corrected chi connectivity index (χ3v) is 1.69. The fourth-order valence-corrected chi connectivity index (χ4v) is 0.978. The monoisotopic (exact) mass is 200 g/mol. The second-order valence-electron chi connectivity index (χ2n) is 2.57. The first-order valence-electron chi connectivity index (χ1n) is 3.70. The van der Waals surface area contributed by atoms with Gasteiger partial charge in [-0.25, -0.2) is 4.98 Å². The van der Waals surface area contributed by atoms with Gasteiger partial charge in [0.2, 0.25) is 0 Å². The van der Waals surface area contributed by atoms with Crippen molar-refractivity contribution in [2.24, 2.45) is 0 Å². The number of halogens is 1. The van der Waals surface area contributed by atoms with Gasteiger partial charge in [0.1, 0.15) is 11.2 Å². The minimum Gasteiger partial charge on any atom is -0.480 e. The highest BCUT2D eigenvalue weighted by Crippen LogP contribution is 2.12. The maximum Gasteiger partial charge on any atom is 0.325 e. The first-order chi connectivity index (χ1) is 6.09. The Morgan fingerprint density at radius 1 is 1.77 bits per heavy atom. The quantitative estimate of drug-likeness (QED) is 0.728. The molecule has 1 unspecified atom stereocenters. The Kier molecular flexibility index (Phi) is 3.08. The van der Waals surface area contributed by atoms with E-state index in [-0.39, 0.29) is 0 Å². The van der Waals surface area contributed by atoms with Crippen molar-refractivity contribution < 1.29 is 9.90 Å². The lowest BCUT2D eigenvalue weighted by Gasteiger charge is -2.09. The Hall–Kier alpha value is -1.29. The van der Waals surface area contributed by atoms with Crippen LogP contribution in [0, 0.1) is 0 Å². The zero-order valence-electron chi connectivity index (χ0n) is 6.99. The summed E-state index contributed by atoms with van der Waals surface area (Å²) in [5.41, 5.74) is 0.648. The molecule has 1 heterocycles. The van der Waals surface area contributed by atoms with Crippen molar-refractivity contribution in [1.29, 1.82) is 0 Å². The molecule has 0 spiro atoms. The molecule has 1 aromatic rings. The summed E-state index contributed by atoms with van der Waals surface area (Å²) in [6, 6.07) is 2.59. The molecule has 0 aliphatic rings. The number of pyridine rings is 1. The number of hydrogen-bond acceptors (Lipinski definition) is 3. The minimum atomic E-state index is -0.909. The van der Waals surface area contributed by atoms with E-state index in [9.17, 15) is 4.79 Å². The molecule has 1 aromatic heterocycles. The fraction of sp³-hybridized carbons (Fsp3) is 0.250. The smallest absolute Gasteiger partial charge is 0.325 e. The van der Waals surface area contributed by atoms with Gasteiger partial charge in [0.25, 0.3) is 0 Å². The molecule has 4 nitrogen and oxygen atoms in total. The normalized spacial score (nSPS) is 12.2. The summed E-state index contributed by atoms with van der Waals surface area (Å²) in [4.78, 5) is 14.2. The van der Waals surface area contributed by atoms with Gasteiger partial charge in [-0.15, -0.1) is 0 Å². The van der Waals surface area contributed by atoms with Crippen LogP contribution >= 0.6 is 11.6 Å². The van der Waals surface area contributed by atoms with Crippen molar-refractivity contribution in [1.82, 2.24) is 4.98 Å². The predicted octanol–water partition coefficient (Wildman–Crippen LogP) is 1.62. The fourth-order valence-electron chi connectivity index (χ4n) is 0.804. The molecule has 0 bridgehead atoms. The maximum absolute atomic E-state index is 10.5. The molecule has 0 saturated heterocycles. The van der Waals surface area contributed by atoms with Gasteiger partial charge in [-0.05, 0) is 19.1 Å². The number of anilines is 1. The summed E-state index contributed by atoms with van der Waals surface area (Å²) in [6.45, 7) is 1.55. The Morgan fingerprint density at radius 3 is 3.00 bits per heavy atom. The van der Waals surface area contributed by atoms with Crippen LogP contribution < -0.4 is 5.32 Å². The summed E-state index contributed by atoms with van der Waals surface area (Å²) < 4.78 is 0. The summed E-state index contributed by atoms with van der Waals surface area (Å²) in [5, 5.41) is 11.7. The van der Waals surface area contributed by atoms with Crippen LogP contribution in [0.15, 0.2) is 18.3 Å². The van der Waals surface area contributed by atoms with Gasteiger partial charge in [0.15, 0.2) is 0 Å². The highest BCUT2D eigenvalue weighted by atomic mass is 35.5. The van der Waals surface area contributed by atoms with Crippen molar-refractivity contribution in [3.05, 3.63) is 23.5 Å². The van der Waals surface area contributed by atoms with Gasteiger partial charge in [-0.3, -0.25) is 4.79 Å². The van der Waals surface area contributed by atoms with Crippen LogP contribution in [0.2, 0.25) is 5.15 Å². The Bertz CT molecular complexity index is 317. The van der Waals surface area contributed by atoms with Crippen molar-refractivity contribution >= 4 is 23.3 Å². The van der Waals surface area contributed by atoms with Gasteiger partial charge >= 0.3 is 5.97 Å². The van der Waals surface area contributed by atoms with E-state index >= 15 is 0 Å². The molecule has 2 N–H and O–H groups in total. The number of carboxylic acid groups (broad SMARTS) is 1. The number of hydrogen-bond donors (Lipinski definition) is 2. The number of rotatable bonds is 3. The van der Waals surface area contributed by atoms with Crippen LogP contribution in [0.5, 0.6) is 0 Å². The summed E-state index contributed by atoms with van der Waals surface area (Å²) >= 11 is 5.61. The van der Waals surface area contributed by atoms with Crippen molar-refractivity contribution in [2.45, 2.75) is 13.0 Å². The molecule has 13 heavy (non-hydrogen) atoms. The van der Waals surface area contributed by atoms with Crippen LogP contribution in [-0.2, 0) is 4.79 Å². The van der Waals surface area contributed by atoms with E-state index in [4.69, 9.17) is 16.7 Å². The van der Waals surface area contributed by atoms with Crippen molar-refractivity contribution in [2.75, 3.05) is 5.32 Å². The molecule has 0 aromatic carbocycles. The molecule has 0 amide bonds. The molecule has 70 valence electrons. The number of aromatic nitrogens is 1. The average Bonchev–Trinajstić information content (AvgIpc) is 2.04. The highest BCUT2D eigenvalue weighted by molar-refractivity contribution is 6.29. The number of nitrogens with one attached hydrogen (secondary N) is 1. The van der Waals surface area contributed by atoms with E-state index in [1.165, 1.54) is 6.20 Å². The van der Waals surface area contributed by atoms with E-state index in [0.717, 1.165) is 0 Å². The molecule has 0 radical (unpaired) electrons. The SMILES string of the molecule is CC(Nc1ccnc(Cl)c1)C(=O)O. The number of nitrogens with zero attached hydrogens (tertiary/aromatic N) is 1. The lowest BCUT2D eigenvalue weighted by Crippen LogP contribution is -2.25. The van der Waals surface area contributed by atoms with Gasteiger partial charge in [0, 0.05) is 11.9 Å². The summed E-state index contributed by atoms with van der Waals surface area (Å²) in [6.07, 6.45) is 1.51. The van der Waals surface area contributed by atoms with E-state index in [1.54, 1.807) is 19.1 Å². The first-order valence-corrected chi connectivity index (χ1v) is 4.08. The third kappa shape index (κ3) is 2.91. The van der Waals surface area contributed by atoms with Gasteiger partial charge in [-0.1, -0.05) is 11.6 Å². The van der Waals surface area contributed by atoms with Crippen LogP contribution in [0.4, 0.5) is 5.69 Å². The molecule has 0 saturated carbocycles. The lowest BCUT2D eigenvalue weighted by molar-refractivity contribution is -0.137. The number of carboxylic acids is 1. The Balaban J connectivity index is 2.69. The topological polar surface area (TPSA) is 62.2 Å². The van der Waals surface area contributed by atoms with Crippen molar-refractivity contribution in [3.63, 3.8) is 0 Å². The number of aliphatic carboxylic acids is 1. The summed E-state index contributed by atoms with van der Waals surface area (Å²) in [5.74, 6) is -0.909. The third-order valence-electron chi connectivity index (χ3n) is 1.48. The van der Waals surface area contributed by atoms with Crippen LogP contribution in [0.3, 0.4) is 0 Å². The van der Waals surface area contributed by atoms with Gasteiger partial charge in [-0.2, -0.15) is 0 Å². The average molecular weight is 201 g/mol. The molecule has 0 aliphatic carbocycles. The molecule has 1 rings (SSSR count). The van der Waals surface area contributed by atoms with Crippen LogP contribution in [0.25, 0.3) is 0 Å². The van der Waals surface area contributed by atoms with Gasteiger partial charge < -0.3 is 10.4 Å². The standard InChI is InChI=1S/C8H9ClN2O2/c1-5(8(12)13)11-6-2-3-10-7(9)4-6/h2-5H,1H3,(H,10,11)(H,12,13). The first kappa shape index (κ1) is 9.80. The minimum absolute atomic E-state index is 0.336. The highest BCUT2D eigenvalue weighted by Gasteiger charge is 2.09. The van der Waals surface area contributed by atoms with E-state index in [0.29, 0.717) is 10.8 Å². The van der Waals surface area contributed by atoms with Crippen molar-refractivity contribution in [3.8, 4) is 0 Å². The number of carbonyl (C=O) groups is 1. The van der Waals surface area contributed by atoms with Crippen LogP contribution in [0.1, 0.15) is 6.92 Å². The second kappa shape index (κ2) is 4.09. The Morgan fingerprint density at radius 2 is 2.46 bits per heavy atom. The van der Waals surface area contributed by atoms with E-state index < -0.39 is 12.0 Å². The largest absolute Gasteiger partial charge is 0.480 e. The predicted molar refractivity (Wildman–Crippen MR) is 50.0 cm³/mol. The van der Waals surface area contributed by atoms with E-state index in [2.05, 4.69) is 10.3 Å². The van der Waals surface area contributed by atoms with E-state index in [1.807, 2.05) is 0 Å². The second-order valence-corrected chi connectivity index (χ2v) is 2.96. The lowest BCUT2D eigenvalue weighted by atomic mass is 10.3. The molecular weight excluding hydrogens is 192 g/mol. The van der Waals surface area contributed by atoms with Crippen LogP contribution in [-0.4, -0.2) is 22.1 Å². The zero-order valence-corrected chi connectivity index (χ0v) is 7.75. The molecule has 5 heteroatoms. The molecule has 0 fully saturated rings. The maximum atomic E-state index is 10.5. The summed E-state index contributed by atoms with van der Waals surface area (Å²) in [7, 11) is 0. The zero-order chi connectivity index (χ0) is 9.84. The molecule has 1 atom stereocenters. The molecular formula is C8H9ClN2O2. The Labute approximate surface area is 80.6 Å². The molecule has 0 aliphatic heterocycles. The van der Waals surface area contributed by atoms with Gasteiger partial charge in [0.05, 0.1) is 0 Å².